The smallest absolute Gasteiger partial charge is 0.239 e. The van der Waals surface area contributed by atoms with Crippen LogP contribution in [0.4, 0.5) is 5.69 Å². The van der Waals surface area contributed by atoms with Crippen LogP contribution >= 0.6 is 0 Å². The highest BCUT2D eigenvalue weighted by Gasteiger charge is 2.20. The van der Waals surface area contributed by atoms with E-state index in [1.54, 1.807) is 25.2 Å². The molecule has 0 bridgehead atoms. The van der Waals surface area contributed by atoms with Gasteiger partial charge < -0.3 is 31.0 Å². The molecule has 0 saturated heterocycles. The summed E-state index contributed by atoms with van der Waals surface area (Å²) in [5.74, 6) is -0.784. The van der Waals surface area contributed by atoms with Crippen LogP contribution in [0.5, 0.6) is 0 Å². The third-order valence-electron chi connectivity index (χ3n) is 3.86. The lowest BCUT2D eigenvalue weighted by molar-refractivity contribution is -0.127. The first-order valence-electron chi connectivity index (χ1n) is 8.53. The molecule has 8 heteroatoms. The van der Waals surface area contributed by atoms with Crippen molar-refractivity contribution in [1.29, 1.82) is 0 Å². The molecule has 1 aromatic carbocycles. The van der Waals surface area contributed by atoms with Crippen molar-refractivity contribution in [2.75, 3.05) is 18.9 Å². The maximum absolute atomic E-state index is 11.7. The zero-order chi connectivity index (χ0) is 19.5. The highest BCUT2D eigenvalue weighted by atomic mass is 16.3. The first-order valence-corrected chi connectivity index (χ1v) is 8.53. The number of aliphatic hydroxyl groups excluding tert-OH is 2. The van der Waals surface area contributed by atoms with Crippen molar-refractivity contribution in [2.45, 2.75) is 44.4 Å². The Morgan fingerprint density at radius 1 is 1.19 bits per heavy atom. The van der Waals surface area contributed by atoms with Crippen LogP contribution in [0.15, 0.2) is 24.3 Å². The van der Waals surface area contributed by atoms with Gasteiger partial charge in [-0.15, -0.1) is 0 Å². The number of carbonyl (C=O) groups is 3. The summed E-state index contributed by atoms with van der Waals surface area (Å²) in [7, 11) is 1.73. The van der Waals surface area contributed by atoms with E-state index in [1.807, 2.05) is 6.07 Å². The first kappa shape index (κ1) is 21.6. The number of aldehydes is 1. The van der Waals surface area contributed by atoms with E-state index in [-0.39, 0.29) is 25.3 Å². The number of nitrogens with one attached hydrogen (secondary N) is 3. The van der Waals surface area contributed by atoms with Gasteiger partial charge in [-0.05, 0) is 25.8 Å². The third kappa shape index (κ3) is 7.20. The van der Waals surface area contributed by atoms with E-state index in [1.165, 1.54) is 6.92 Å². The van der Waals surface area contributed by atoms with E-state index in [4.69, 9.17) is 0 Å². The summed E-state index contributed by atoms with van der Waals surface area (Å²) >= 11 is 0. The molecule has 2 amide bonds. The Hall–Kier alpha value is -2.45. The van der Waals surface area contributed by atoms with Gasteiger partial charge in [0.15, 0.2) is 0 Å². The molecule has 8 nitrogen and oxygen atoms in total. The van der Waals surface area contributed by atoms with Gasteiger partial charge in [-0.2, -0.15) is 0 Å². The number of carbonyl (C=O) groups excluding carboxylic acids is 3. The van der Waals surface area contributed by atoms with Gasteiger partial charge in [0.1, 0.15) is 12.4 Å². The molecule has 0 saturated carbocycles. The van der Waals surface area contributed by atoms with Gasteiger partial charge in [0, 0.05) is 24.7 Å². The summed E-state index contributed by atoms with van der Waals surface area (Å²) in [6.07, 6.45) is -0.752. The summed E-state index contributed by atoms with van der Waals surface area (Å²) < 4.78 is 0. The van der Waals surface area contributed by atoms with E-state index in [0.29, 0.717) is 18.3 Å². The first-order chi connectivity index (χ1) is 12.4. The van der Waals surface area contributed by atoms with Crippen LogP contribution in [0.3, 0.4) is 0 Å². The van der Waals surface area contributed by atoms with Crippen LogP contribution in [-0.2, 0) is 14.4 Å². The molecular formula is C18H27N3O5. The predicted molar refractivity (Wildman–Crippen MR) is 97.5 cm³/mol. The maximum atomic E-state index is 11.7. The Morgan fingerprint density at radius 2 is 1.88 bits per heavy atom. The topological polar surface area (TPSA) is 128 Å². The SMILES string of the molecule is CNc1ccccc1C(O)C(O)CCCC(=O)NCC(=O)N[C@H](C)C=O. The summed E-state index contributed by atoms with van der Waals surface area (Å²) in [6.45, 7) is 1.32. The Morgan fingerprint density at radius 3 is 2.54 bits per heavy atom. The molecule has 0 aliphatic heterocycles. The second-order valence-electron chi connectivity index (χ2n) is 6.01. The van der Waals surface area contributed by atoms with Gasteiger partial charge in [-0.3, -0.25) is 9.59 Å². The average Bonchev–Trinajstić information content (AvgIpc) is 2.65. The molecule has 1 rings (SSSR count). The molecule has 0 spiro atoms. The molecule has 26 heavy (non-hydrogen) atoms. The number of benzene rings is 1. The van der Waals surface area contributed by atoms with Crippen LogP contribution in [0, 0.1) is 0 Å². The molecule has 0 heterocycles. The number of anilines is 1. The molecule has 5 N–H and O–H groups in total. The van der Waals surface area contributed by atoms with Crippen LogP contribution in [0.1, 0.15) is 37.9 Å². The molecule has 0 fully saturated rings. The van der Waals surface area contributed by atoms with E-state index in [0.717, 1.165) is 5.69 Å². The number of hydrogen-bond donors (Lipinski definition) is 5. The predicted octanol–water partition coefficient (Wildman–Crippen LogP) is 0.113. The van der Waals surface area contributed by atoms with Crippen molar-refractivity contribution in [3.63, 3.8) is 0 Å². The number of aliphatic hydroxyl groups is 2. The second kappa shape index (κ2) is 11.2. The number of hydrogen-bond acceptors (Lipinski definition) is 6. The highest BCUT2D eigenvalue weighted by Crippen LogP contribution is 2.26. The molecule has 2 unspecified atom stereocenters. The minimum atomic E-state index is -1.06. The molecule has 1 aromatic rings. The average molecular weight is 365 g/mol. The maximum Gasteiger partial charge on any atom is 0.239 e. The standard InChI is InChI=1S/C18H27N3O5/c1-12(11-22)21-17(25)10-20-16(24)9-5-8-15(23)18(26)13-6-3-4-7-14(13)19-2/h3-4,6-7,11-12,15,18-19,23,26H,5,8-10H2,1-2H3,(H,20,24)(H,21,25)/t12-,15?,18?/m1/s1. The van der Waals surface area contributed by atoms with Crippen molar-refractivity contribution in [3.8, 4) is 0 Å². The lowest BCUT2D eigenvalue weighted by Crippen LogP contribution is -2.41. The molecular weight excluding hydrogens is 338 g/mol. The van der Waals surface area contributed by atoms with Crippen molar-refractivity contribution in [3.05, 3.63) is 29.8 Å². The highest BCUT2D eigenvalue weighted by molar-refractivity contribution is 5.86. The number of para-hydroxylation sites is 1. The molecule has 3 atom stereocenters. The summed E-state index contributed by atoms with van der Waals surface area (Å²) in [6, 6.07) is 6.53. The van der Waals surface area contributed by atoms with Crippen LogP contribution in [0.25, 0.3) is 0 Å². The van der Waals surface area contributed by atoms with E-state index in [2.05, 4.69) is 16.0 Å². The molecule has 0 radical (unpaired) electrons. The quantitative estimate of drug-likeness (QED) is 0.354. The fraction of sp³-hybridized carbons (Fsp3) is 0.500. The molecule has 144 valence electrons. The van der Waals surface area contributed by atoms with Crippen molar-refractivity contribution >= 4 is 23.8 Å². The fourth-order valence-corrected chi connectivity index (χ4v) is 2.43. The second-order valence-corrected chi connectivity index (χ2v) is 6.01. The Kier molecular flexibility index (Phi) is 9.32. The van der Waals surface area contributed by atoms with Gasteiger partial charge in [-0.1, -0.05) is 18.2 Å². The minimum Gasteiger partial charge on any atom is -0.390 e. The van der Waals surface area contributed by atoms with Crippen LogP contribution in [-0.4, -0.2) is 54.1 Å². The van der Waals surface area contributed by atoms with Gasteiger partial charge in [0.2, 0.25) is 11.8 Å². The van der Waals surface area contributed by atoms with Crippen LogP contribution in [0.2, 0.25) is 0 Å². The van der Waals surface area contributed by atoms with E-state index < -0.39 is 24.2 Å². The zero-order valence-corrected chi connectivity index (χ0v) is 15.1. The van der Waals surface area contributed by atoms with Gasteiger partial charge in [0.05, 0.1) is 18.7 Å². The van der Waals surface area contributed by atoms with E-state index in [9.17, 15) is 24.6 Å². The molecule has 0 aliphatic rings. The van der Waals surface area contributed by atoms with Gasteiger partial charge in [-0.25, -0.2) is 0 Å². The Labute approximate surface area is 153 Å². The van der Waals surface area contributed by atoms with Crippen LogP contribution < -0.4 is 16.0 Å². The summed E-state index contributed by atoms with van der Waals surface area (Å²) in [5, 5.41) is 28.2. The third-order valence-corrected chi connectivity index (χ3v) is 3.86. The fourth-order valence-electron chi connectivity index (χ4n) is 2.43. The number of rotatable bonds is 11. The molecule has 0 aromatic heterocycles. The van der Waals surface area contributed by atoms with Crippen molar-refractivity contribution in [2.24, 2.45) is 0 Å². The lowest BCUT2D eigenvalue weighted by atomic mass is 9.98. The Bertz CT molecular complexity index is 608. The molecule has 0 aliphatic carbocycles. The summed E-state index contributed by atoms with van der Waals surface area (Å²) in [4.78, 5) is 33.6. The van der Waals surface area contributed by atoms with Gasteiger partial charge >= 0.3 is 0 Å². The summed E-state index contributed by atoms with van der Waals surface area (Å²) in [5.41, 5.74) is 1.32. The minimum absolute atomic E-state index is 0.119. The largest absolute Gasteiger partial charge is 0.390 e. The van der Waals surface area contributed by atoms with E-state index >= 15 is 0 Å². The van der Waals surface area contributed by atoms with Crippen molar-refractivity contribution in [1.82, 2.24) is 10.6 Å². The Balaban J connectivity index is 2.34. The van der Waals surface area contributed by atoms with Gasteiger partial charge in [0.25, 0.3) is 0 Å². The monoisotopic (exact) mass is 365 g/mol. The zero-order valence-electron chi connectivity index (χ0n) is 15.1. The lowest BCUT2D eigenvalue weighted by Gasteiger charge is -2.20. The normalized spacial score (nSPS) is 14.0. The van der Waals surface area contributed by atoms with Crippen molar-refractivity contribution < 1.29 is 24.6 Å². The number of amides is 2.